The minimum absolute atomic E-state index is 0.122. The largest absolute Gasteiger partial charge is 0.393 e. The van der Waals surface area contributed by atoms with Crippen LogP contribution in [0.5, 0.6) is 0 Å². The average molecular weight is 267 g/mol. The Morgan fingerprint density at radius 2 is 2.42 bits per heavy atom. The van der Waals surface area contributed by atoms with Crippen LogP contribution in [0.3, 0.4) is 0 Å². The van der Waals surface area contributed by atoms with Gasteiger partial charge >= 0.3 is 0 Å². The number of likely N-dealkylation sites (tertiary alicyclic amines) is 1. The van der Waals surface area contributed by atoms with Crippen LogP contribution in [0.25, 0.3) is 0 Å². The summed E-state index contributed by atoms with van der Waals surface area (Å²) in [5, 5.41) is 26.1. The van der Waals surface area contributed by atoms with Gasteiger partial charge in [0.05, 0.1) is 24.9 Å². The van der Waals surface area contributed by atoms with E-state index in [0.717, 1.165) is 18.5 Å². The van der Waals surface area contributed by atoms with Crippen molar-refractivity contribution >= 4 is 5.91 Å². The van der Waals surface area contributed by atoms with E-state index < -0.39 is 5.60 Å². The molecule has 6 nitrogen and oxygen atoms in total. The molecule has 1 aromatic rings. The van der Waals surface area contributed by atoms with E-state index in [4.69, 9.17) is 0 Å². The minimum atomic E-state index is -1.16. The van der Waals surface area contributed by atoms with Gasteiger partial charge in [-0.1, -0.05) is 13.3 Å². The Hall–Kier alpha value is -1.40. The van der Waals surface area contributed by atoms with Gasteiger partial charge in [-0.3, -0.25) is 9.89 Å². The molecular weight excluding hydrogens is 246 g/mol. The van der Waals surface area contributed by atoms with E-state index in [1.165, 1.54) is 0 Å². The maximum absolute atomic E-state index is 12.4. The maximum Gasteiger partial charge on any atom is 0.257 e. The molecule has 6 heteroatoms. The lowest BCUT2D eigenvalue weighted by molar-refractivity contribution is -0.0598. The summed E-state index contributed by atoms with van der Waals surface area (Å²) in [6, 6.07) is 0. The zero-order chi connectivity index (χ0) is 13.9. The quantitative estimate of drug-likeness (QED) is 0.733. The molecule has 3 N–H and O–H groups in total. The van der Waals surface area contributed by atoms with Crippen LogP contribution in [-0.4, -0.2) is 56.5 Å². The van der Waals surface area contributed by atoms with Gasteiger partial charge in [0, 0.05) is 12.2 Å². The Kier molecular flexibility index (Phi) is 4.21. The molecule has 0 aromatic carbocycles. The van der Waals surface area contributed by atoms with Gasteiger partial charge in [-0.2, -0.15) is 5.10 Å². The number of aliphatic hydroxyl groups is 2. The van der Waals surface area contributed by atoms with Crippen LogP contribution in [0.15, 0.2) is 6.20 Å². The van der Waals surface area contributed by atoms with Crippen molar-refractivity contribution < 1.29 is 15.0 Å². The van der Waals surface area contributed by atoms with Crippen LogP contribution in [-0.2, 0) is 6.42 Å². The first kappa shape index (κ1) is 14.0. The highest BCUT2D eigenvalue weighted by Crippen LogP contribution is 2.22. The molecule has 1 atom stereocenters. The molecule has 19 heavy (non-hydrogen) atoms. The van der Waals surface area contributed by atoms with Gasteiger partial charge in [0.2, 0.25) is 0 Å². The second-order valence-electron chi connectivity index (χ2n) is 5.22. The van der Waals surface area contributed by atoms with Gasteiger partial charge < -0.3 is 15.1 Å². The van der Waals surface area contributed by atoms with Crippen molar-refractivity contribution in [1.29, 1.82) is 0 Å². The van der Waals surface area contributed by atoms with E-state index in [1.54, 1.807) is 11.1 Å². The molecule has 0 radical (unpaired) electrons. The number of nitrogens with one attached hydrogen (secondary N) is 1. The third-order valence-corrected chi connectivity index (χ3v) is 3.59. The van der Waals surface area contributed by atoms with Gasteiger partial charge in [-0.15, -0.1) is 0 Å². The van der Waals surface area contributed by atoms with E-state index in [1.807, 2.05) is 6.92 Å². The molecule has 0 bridgehead atoms. The maximum atomic E-state index is 12.4. The summed E-state index contributed by atoms with van der Waals surface area (Å²) in [6.07, 6.45) is 4.48. The highest BCUT2D eigenvalue weighted by molar-refractivity contribution is 5.95. The number of aromatic nitrogens is 2. The van der Waals surface area contributed by atoms with Crippen LogP contribution >= 0.6 is 0 Å². The van der Waals surface area contributed by atoms with Crippen LogP contribution in [0.1, 0.15) is 42.2 Å². The molecular formula is C13H21N3O3. The van der Waals surface area contributed by atoms with Crippen LogP contribution in [0.2, 0.25) is 0 Å². The highest BCUT2D eigenvalue weighted by atomic mass is 16.3. The van der Waals surface area contributed by atoms with Crippen molar-refractivity contribution in [3.63, 3.8) is 0 Å². The van der Waals surface area contributed by atoms with E-state index in [0.29, 0.717) is 24.9 Å². The smallest absolute Gasteiger partial charge is 0.257 e. The van der Waals surface area contributed by atoms with Gasteiger partial charge in [-0.25, -0.2) is 0 Å². The fourth-order valence-corrected chi connectivity index (χ4v) is 2.52. The standard InChI is InChI=1S/C13H21N3O3/c1-2-4-11-10(7-14-15-11)12(18)16-6-3-5-13(19,8-16)9-17/h7,17,19H,2-6,8-9H2,1H3,(H,14,15)/t13-/m1/s1. The number of aryl methyl sites for hydroxylation is 1. The number of rotatable bonds is 4. The number of carbonyl (C=O) groups is 1. The summed E-state index contributed by atoms with van der Waals surface area (Å²) < 4.78 is 0. The first-order chi connectivity index (χ1) is 9.09. The molecule has 1 saturated heterocycles. The van der Waals surface area contributed by atoms with E-state index >= 15 is 0 Å². The van der Waals surface area contributed by atoms with Crippen molar-refractivity contribution in [3.8, 4) is 0 Å². The molecule has 1 aliphatic heterocycles. The van der Waals surface area contributed by atoms with Crippen molar-refractivity contribution in [2.24, 2.45) is 0 Å². The number of β-amino-alcohol motifs (C(OH)–C–C–N with tert-alkyl or cyclic N) is 1. The van der Waals surface area contributed by atoms with Crippen LogP contribution in [0.4, 0.5) is 0 Å². The number of carbonyl (C=O) groups excluding carboxylic acids is 1. The Balaban J connectivity index is 2.12. The Morgan fingerprint density at radius 1 is 1.63 bits per heavy atom. The third-order valence-electron chi connectivity index (χ3n) is 3.59. The number of amides is 1. The normalized spacial score (nSPS) is 23.6. The lowest BCUT2D eigenvalue weighted by atomic mass is 9.93. The number of H-pyrrole nitrogens is 1. The van der Waals surface area contributed by atoms with Gasteiger partial charge in [0.1, 0.15) is 5.60 Å². The minimum Gasteiger partial charge on any atom is -0.393 e. The van der Waals surface area contributed by atoms with Crippen molar-refractivity contribution in [1.82, 2.24) is 15.1 Å². The predicted molar refractivity (Wildman–Crippen MR) is 69.8 cm³/mol. The highest BCUT2D eigenvalue weighted by Gasteiger charge is 2.35. The first-order valence-electron chi connectivity index (χ1n) is 6.74. The van der Waals surface area contributed by atoms with E-state index in [-0.39, 0.29) is 19.1 Å². The number of nitrogens with zero attached hydrogens (tertiary/aromatic N) is 2. The number of piperidine rings is 1. The van der Waals surface area contributed by atoms with Gasteiger partial charge in [-0.05, 0) is 19.3 Å². The second-order valence-corrected chi connectivity index (χ2v) is 5.22. The summed E-state index contributed by atoms with van der Waals surface area (Å²) in [4.78, 5) is 14.0. The summed E-state index contributed by atoms with van der Waals surface area (Å²) in [5.74, 6) is -0.122. The molecule has 0 aliphatic carbocycles. The molecule has 0 spiro atoms. The van der Waals surface area contributed by atoms with Crippen molar-refractivity contribution in [2.75, 3.05) is 19.7 Å². The van der Waals surface area contributed by atoms with E-state index in [9.17, 15) is 15.0 Å². The first-order valence-corrected chi connectivity index (χ1v) is 6.74. The zero-order valence-corrected chi connectivity index (χ0v) is 11.2. The van der Waals surface area contributed by atoms with Gasteiger partial charge in [0.25, 0.3) is 5.91 Å². The summed E-state index contributed by atoms with van der Waals surface area (Å²) in [7, 11) is 0. The number of aliphatic hydroxyl groups excluding tert-OH is 1. The molecule has 1 fully saturated rings. The van der Waals surface area contributed by atoms with Crippen LogP contribution in [0, 0.1) is 0 Å². The Labute approximate surface area is 112 Å². The molecule has 2 heterocycles. The zero-order valence-electron chi connectivity index (χ0n) is 11.2. The monoisotopic (exact) mass is 267 g/mol. The van der Waals surface area contributed by atoms with Crippen LogP contribution < -0.4 is 0 Å². The molecule has 2 rings (SSSR count). The Bertz CT molecular complexity index is 446. The summed E-state index contributed by atoms with van der Waals surface area (Å²) in [6.45, 7) is 2.52. The molecule has 106 valence electrons. The SMILES string of the molecule is CCCc1[nH]ncc1C(=O)N1CCC[C@](O)(CO)C1. The third kappa shape index (κ3) is 2.96. The average Bonchev–Trinajstić information content (AvgIpc) is 2.87. The molecule has 1 amide bonds. The fourth-order valence-electron chi connectivity index (χ4n) is 2.52. The van der Waals surface area contributed by atoms with E-state index in [2.05, 4.69) is 10.2 Å². The molecule has 1 aliphatic rings. The lowest BCUT2D eigenvalue weighted by Gasteiger charge is -2.38. The predicted octanol–water partition coefficient (Wildman–Crippen LogP) is 0.322. The van der Waals surface area contributed by atoms with Gasteiger partial charge in [0.15, 0.2) is 0 Å². The number of hydrogen-bond donors (Lipinski definition) is 3. The molecule has 0 saturated carbocycles. The number of hydrogen-bond acceptors (Lipinski definition) is 4. The summed E-state index contributed by atoms with van der Waals surface area (Å²) in [5.41, 5.74) is 0.248. The topological polar surface area (TPSA) is 89.5 Å². The lowest BCUT2D eigenvalue weighted by Crippen LogP contribution is -2.52. The van der Waals surface area contributed by atoms with Crippen molar-refractivity contribution in [2.45, 2.75) is 38.2 Å². The molecule has 0 unspecified atom stereocenters. The summed E-state index contributed by atoms with van der Waals surface area (Å²) >= 11 is 0. The Morgan fingerprint density at radius 3 is 3.11 bits per heavy atom. The van der Waals surface area contributed by atoms with Crippen molar-refractivity contribution in [3.05, 3.63) is 17.5 Å². The second kappa shape index (κ2) is 5.71. The molecule has 1 aromatic heterocycles. The number of aromatic amines is 1. The fraction of sp³-hybridized carbons (Fsp3) is 0.692.